The summed E-state index contributed by atoms with van der Waals surface area (Å²) in [5.74, 6) is -0.803. The maximum atomic E-state index is 14.2. The summed E-state index contributed by atoms with van der Waals surface area (Å²) in [6, 6.07) is 4.72. The molecule has 0 spiro atoms. The van der Waals surface area contributed by atoms with Gasteiger partial charge in [0.2, 0.25) is 0 Å². The zero-order valence-corrected chi connectivity index (χ0v) is 17.1. The lowest BCUT2D eigenvalue weighted by Crippen LogP contribution is -2.33. The quantitative estimate of drug-likeness (QED) is 0.426. The van der Waals surface area contributed by atoms with Crippen LogP contribution in [0.1, 0.15) is 65.9 Å². The molecule has 0 N–H and O–H groups in total. The van der Waals surface area contributed by atoms with Crippen LogP contribution in [0.4, 0.5) is 4.39 Å². The molecule has 0 aliphatic heterocycles. The van der Waals surface area contributed by atoms with Crippen LogP contribution in [-0.2, 0) is 14.3 Å². The van der Waals surface area contributed by atoms with Gasteiger partial charge in [-0.2, -0.15) is 0 Å². The topological polar surface area (TPSA) is 44.8 Å². The summed E-state index contributed by atoms with van der Waals surface area (Å²) in [4.78, 5) is 12.5. The molecule has 0 saturated carbocycles. The summed E-state index contributed by atoms with van der Waals surface area (Å²) in [6.45, 7) is 12.5. The van der Waals surface area contributed by atoms with Crippen molar-refractivity contribution in [2.45, 2.75) is 65.9 Å². The Kier molecular flexibility index (Phi) is 8.22. The Balaban J connectivity index is 2.62. The summed E-state index contributed by atoms with van der Waals surface area (Å²) in [6.07, 6.45) is 1.25. The molecule has 148 valence electrons. The fourth-order valence-electron chi connectivity index (χ4n) is 2.30. The van der Waals surface area contributed by atoms with Gasteiger partial charge in [-0.1, -0.05) is 19.9 Å². The van der Waals surface area contributed by atoms with E-state index in [1.807, 2.05) is 27.7 Å². The third-order valence-corrected chi connectivity index (χ3v) is 4.51. The second kappa shape index (κ2) is 9.47. The number of ether oxygens (including phenoxy) is 3. The molecule has 0 heterocycles. The molecule has 0 radical (unpaired) electrons. The van der Waals surface area contributed by atoms with E-state index in [9.17, 15) is 9.18 Å². The van der Waals surface area contributed by atoms with Crippen LogP contribution in [0.25, 0.3) is 0 Å². The van der Waals surface area contributed by atoms with Gasteiger partial charge in [0.15, 0.2) is 11.6 Å². The van der Waals surface area contributed by atoms with Crippen molar-refractivity contribution in [1.82, 2.24) is 0 Å². The van der Waals surface area contributed by atoms with Gasteiger partial charge in [-0.05, 0) is 64.2 Å². The second-order valence-electron chi connectivity index (χ2n) is 8.22. The maximum absolute atomic E-state index is 14.2. The third kappa shape index (κ3) is 7.04. The van der Waals surface area contributed by atoms with Gasteiger partial charge in [0.25, 0.3) is 0 Å². The van der Waals surface area contributed by atoms with Gasteiger partial charge in [0, 0.05) is 20.3 Å². The van der Waals surface area contributed by atoms with Crippen molar-refractivity contribution in [3.05, 3.63) is 29.6 Å². The molecule has 0 saturated heterocycles. The van der Waals surface area contributed by atoms with E-state index >= 15 is 0 Å². The van der Waals surface area contributed by atoms with Crippen molar-refractivity contribution in [3.8, 4) is 5.75 Å². The molecule has 5 heteroatoms. The van der Waals surface area contributed by atoms with Crippen LogP contribution in [0.2, 0.25) is 0 Å². The number of carbonyl (C=O) groups is 1. The number of halogens is 1. The summed E-state index contributed by atoms with van der Waals surface area (Å²) < 4.78 is 30.4. The first-order valence-electron chi connectivity index (χ1n) is 9.13. The Morgan fingerprint density at radius 3 is 2.31 bits per heavy atom. The molecule has 0 bridgehead atoms. The van der Waals surface area contributed by atoms with E-state index in [1.165, 1.54) is 12.1 Å². The summed E-state index contributed by atoms with van der Waals surface area (Å²) >= 11 is 0. The van der Waals surface area contributed by atoms with Gasteiger partial charge in [-0.3, -0.25) is 4.79 Å². The van der Waals surface area contributed by atoms with E-state index in [0.717, 1.165) is 12.0 Å². The van der Waals surface area contributed by atoms with Gasteiger partial charge in [0.05, 0.1) is 11.0 Å². The molecular weight excluding hydrogens is 335 g/mol. The van der Waals surface area contributed by atoms with Crippen molar-refractivity contribution >= 4 is 5.97 Å². The summed E-state index contributed by atoms with van der Waals surface area (Å²) in [5, 5.41) is 0. The monoisotopic (exact) mass is 368 g/mol. The summed E-state index contributed by atoms with van der Waals surface area (Å²) in [7, 11) is 1.65. The van der Waals surface area contributed by atoms with Crippen molar-refractivity contribution in [3.63, 3.8) is 0 Å². The average Bonchev–Trinajstić information content (AvgIpc) is 2.54. The Morgan fingerprint density at radius 2 is 1.77 bits per heavy atom. The van der Waals surface area contributed by atoms with Crippen LogP contribution in [0, 0.1) is 11.2 Å². The van der Waals surface area contributed by atoms with E-state index in [0.29, 0.717) is 19.6 Å². The number of carbonyl (C=O) groups excluding carboxylic acids is 1. The smallest absolute Gasteiger partial charge is 0.317 e. The predicted molar refractivity (Wildman–Crippen MR) is 101 cm³/mol. The number of hydrogen-bond donors (Lipinski definition) is 0. The number of methoxy groups -OCH3 is 1. The average molecular weight is 368 g/mol. The lowest BCUT2D eigenvalue weighted by atomic mass is 9.90. The molecule has 26 heavy (non-hydrogen) atoms. The molecular formula is C21H33FO4. The van der Waals surface area contributed by atoms with Crippen LogP contribution in [0.5, 0.6) is 5.75 Å². The number of benzene rings is 1. The fraction of sp³-hybridized carbons (Fsp3) is 0.667. The number of hydrogen-bond acceptors (Lipinski definition) is 4. The van der Waals surface area contributed by atoms with Gasteiger partial charge < -0.3 is 14.2 Å². The van der Waals surface area contributed by atoms with E-state index in [1.54, 1.807) is 27.0 Å². The van der Waals surface area contributed by atoms with Gasteiger partial charge in [0.1, 0.15) is 0 Å². The highest BCUT2D eigenvalue weighted by atomic mass is 19.1. The van der Waals surface area contributed by atoms with Crippen molar-refractivity contribution < 1.29 is 23.4 Å². The molecule has 1 rings (SSSR count). The van der Waals surface area contributed by atoms with Crippen molar-refractivity contribution in [2.75, 3.05) is 20.3 Å². The molecule has 1 aromatic rings. The Morgan fingerprint density at radius 1 is 1.12 bits per heavy atom. The second-order valence-corrected chi connectivity index (χ2v) is 8.22. The standard InChI is InChI=1S/C21H33FO4/c1-15(2)16-8-9-18(17(22)14-16)26-19(23)20(3,4)10-13-25-21(5,6)11-12-24-7/h8-9,14-15H,10-13H2,1-7H3. The largest absolute Gasteiger partial charge is 0.423 e. The van der Waals surface area contributed by atoms with Crippen molar-refractivity contribution in [1.29, 1.82) is 0 Å². The molecule has 1 aromatic carbocycles. The highest BCUT2D eigenvalue weighted by Crippen LogP contribution is 2.28. The third-order valence-electron chi connectivity index (χ3n) is 4.51. The van der Waals surface area contributed by atoms with E-state index in [4.69, 9.17) is 14.2 Å². The lowest BCUT2D eigenvalue weighted by Gasteiger charge is -2.28. The van der Waals surface area contributed by atoms with E-state index in [-0.39, 0.29) is 17.3 Å². The zero-order valence-electron chi connectivity index (χ0n) is 17.1. The Bertz CT molecular complexity index is 594. The first kappa shape index (κ1) is 22.6. The molecule has 0 unspecified atom stereocenters. The number of rotatable bonds is 10. The molecule has 0 aliphatic carbocycles. The first-order chi connectivity index (χ1) is 12.0. The minimum atomic E-state index is -0.777. The Labute approximate surface area is 157 Å². The van der Waals surface area contributed by atoms with Gasteiger partial charge in [-0.25, -0.2) is 4.39 Å². The number of esters is 1. The first-order valence-corrected chi connectivity index (χ1v) is 9.13. The molecule has 0 fully saturated rings. The minimum absolute atomic E-state index is 0.0335. The lowest BCUT2D eigenvalue weighted by molar-refractivity contribution is -0.146. The molecule has 0 aliphatic rings. The van der Waals surface area contributed by atoms with Gasteiger partial charge in [-0.15, -0.1) is 0 Å². The van der Waals surface area contributed by atoms with Crippen LogP contribution in [0.15, 0.2) is 18.2 Å². The SMILES string of the molecule is COCCC(C)(C)OCCC(C)(C)C(=O)Oc1ccc(C(C)C)cc1F. The molecule has 0 aromatic heterocycles. The molecule has 0 atom stereocenters. The highest BCUT2D eigenvalue weighted by molar-refractivity contribution is 5.78. The highest BCUT2D eigenvalue weighted by Gasteiger charge is 2.31. The van der Waals surface area contributed by atoms with Crippen LogP contribution >= 0.6 is 0 Å². The minimum Gasteiger partial charge on any atom is -0.423 e. The normalized spacial score (nSPS) is 12.5. The fourth-order valence-corrected chi connectivity index (χ4v) is 2.30. The van der Waals surface area contributed by atoms with Crippen LogP contribution < -0.4 is 4.74 Å². The van der Waals surface area contributed by atoms with Crippen molar-refractivity contribution in [2.24, 2.45) is 5.41 Å². The van der Waals surface area contributed by atoms with Crippen LogP contribution in [-0.4, -0.2) is 31.9 Å². The van der Waals surface area contributed by atoms with Gasteiger partial charge >= 0.3 is 5.97 Å². The Hall–Kier alpha value is -1.46. The maximum Gasteiger partial charge on any atom is 0.317 e. The zero-order chi connectivity index (χ0) is 20.0. The summed E-state index contributed by atoms with van der Waals surface area (Å²) in [5.41, 5.74) is -0.233. The molecule has 4 nitrogen and oxygen atoms in total. The van der Waals surface area contributed by atoms with Crippen LogP contribution in [0.3, 0.4) is 0 Å². The molecule has 0 amide bonds. The van der Waals surface area contributed by atoms with E-state index < -0.39 is 17.2 Å². The van der Waals surface area contributed by atoms with E-state index in [2.05, 4.69) is 0 Å². The predicted octanol–water partition coefficient (Wildman–Crippen LogP) is 5.10.